The number of benzene rings is 1. The summed E-state index contributed by atoms with van der Waals surface area (Å²) in [5.41, 5.74) is 2.10. The van der Waals surface area contributed by atoms with Crippen molar-refractivity contribution in [3.8, 4) is 5.75 Å². The monoisotopic (exact) mass is 322 g/mol. The highest BCUT2D eigenvalue weighted by molar-refractivity contribution is 6.31. The van der Waals surface area contributed by atoms with Gasteiger partial charge < -0.3 is 15.4 Å². The van der Waals surface area contributed by atoms with Crippen LogP contribution in [0.3, 0.4) is 0 Å². The van der Waals surface area contributed by atoms with Gasteiger partial charge in [0.25, 0.3) is 0 Å². The van der Waals surface area contributed by atoms with Crippen LogP contribution in [0.25, 0.3) is 0 Å². The van der Waals surface area contributed by atoms with E-state index in [1.807, 2.05) is 0 Å². The number of anilines is 1. The summed E-state index contributed by atoms with van der Waals surface area (Å²) in [4.78, 5) is 12.0. The fourth-order valence-corrected chi connectivity index (χ4v) is 2.73. The van der Waals surface area contributed by atoms with Gasteiger partial charge in [-0.2, -0.15) is 0 Å². The number of carbonyl (C=O) groups excluding carboxylic acids is 1. The zero-order chi connectivity index (χ0) is 15.8. The minimum absolute atomic E-state index is 0.0989. The third-order valence-corrected chi connectivity index (χ3v) is 3.96. The lowest BCUT2D eigenvalue weighted by atomic mass is 9.97. The van der Waals surface area contributed by atoms with E-state index in [0.717, 1.165) is 13.0 Å². The van der Waals surface area contributed by atoms with Crippen molar-refractivity contribution in [1.29, 1.82) is 0 Å². The van der Waals surface area contributed by atoms with Crippen molar-refractivity contribution >= 4 is 23.2 Å². The van der Waals surface area contributed by atoms with Crippen LogP contribution in [-0.2, 0) is 4.79 Å². The van der Waals surface area contributed by atoms with Gasteiger partial charge in [-0.15, -0.1) is 0 Å². The topological polar surface area (TPSA) is 50.4 Å². The molecular formula is C17H23ClN2O2. The fraction of sp³-hybridized carbons (Fsp3) is 0.471. The number of methoxy groups -OCH3 is 1. The van der Waals surface area contributed by atoms with Crippen molar-refractivity contribution in [2.45, 2.75) is 32.1 Å². The highest BCUT2D eigenvalue weighted by Crippen LogP contribution is 2.27. The van der Waals surface area contributed by atoms with Crippen molar-refractivity contribution < 1.29 is 9.53 Å². The van der Waals surface area contributed by atoms with Gasteiger partial charge in [0.1, 0.15) is 5.75 Å². The Morgan fingerprint density at radius 1 is 1.36 bits per heavy atom. The Labute approximate surface area is 136 Å². The summed E-state index contributed by atoms with van der Waals surface area (Å²) in [6, 6.07) is 5.15. The van der Waals surface area contributed by atoms with E-state index in [2.05, 4.69) is 16.7 Å². The number of ether oxygens (including phenoxy) is 1. The van der Waals surface area contributed by atoms with Gasteiger partial charge in [-0.25, -0.2) is 0 Å². The van der Waals surface area contributed by atoms with Crippen molar-refractivity contribution in [2.24, 2.45) is 0 Å². The lowest BCUT2D eigenvalue weighted by Gasteiger charge is -2.13. The predicted molar refractivity (Wildman–Crippen MR) is 90.7 cm³/mol. The summed E-state index contributed by atoms with van der Waals surface area (Å²) in [5.74, 6) is 0.503. The molecular weight excluding hydrogens is 300 g/mol. The molecule has 0 saturated carbocycles. The number of amides is 1. The molecule has 22 heavy (non-hydrogen) atoms. The van der Waals surface area contributed by atoms with Gasteiger partial charge in [0.2, 0.25) is 5.91 Å². The molecule has 0 heterocycles. The molecule has 0 radical (unpaired) electrons. The number of hydrogen-bond donors (Lipinski definition) is 2. The molecule has 2 N–H and O–H groups in total. The van der Waals surface area contributed by atoms with E-state index in [0.29, 0.717) is 16.5 Å². The molecule has 1 aliphatic rings. The molecule has 0 fully saturated rings. The Morgan fingerprint density at radius 2 is 2.23 bits per heavy atom. The molecule has 120 valence electrons. The molecule has 0 saturated heterocycles. The minimum atomic E-state index is -0.0989. The molecule has 4 nitrogen and oxygen atoms in total. The van der Waals surface area contributed by atoms with E-state index in [-0.39, 0.29) is 12.5 Å². The average Bonchev–Trinajstić information content (AvgIpc) is 2.53. The van der Waals surface area contributed by atoms with E-state index in [4.69, 9.17) is 16.3 Å². The normalized spacial score (nSPS) is 14.4. The van der Waals surface area contributed by atoms with Crippen molar-refractivity contribution in [1.82, 2.24) is 5.32 Å². The molecule has 1 aliphatic carbocycles. The molecule has 2 rings (SSSR count). The molecule has 0 bridgehead atoms. The summed E-state index contributed by atoms with van der Waals surface area (Å²) in [6.07, 6.45) is 8.36. The first-order valence-electron chi connectivity index (χ1n) is 7.71. The molecule has 5 heteroatoms. The highest BCUT2D eigenvalue weighted by Gasteiger charge is 2.08. The van der Waals surface area contributed by atoms with E-state index in [1.165, 1.54) is 31.3 Å². The number of halogens is 1. The maximum absolute atomic E-state index is 12.0. The fourth-order valence-electron chi connectivity index (χ4n) is 2.55. The Bertz CT molecular complexity index is 543. The van der Waals surface area contributed by atoms with Crippen LogP contribution in [0.5, 0.6) is 5.75 Å². The Kier molecular flexibility index (Phi) is 6.74. The Morgan fingerprint density at radius 3 is 2.95 bits per heavy atom. The van der Waals surface area contributed by atoms with Crippen molar-refractivity contribution in [3.63, 3.8) is 0 Å². The van der Waals surface area contributed by atoms with Gasteiger partial charge in [0.15, 0.2) is 0 Å². The SMILES string of the molecule is COc1ccc(Cl)cc1NC(=O)CNCCC1=CCCCC1. The third-order valence-electron chi connectivity index (χ3n) is 3.73. The van der Waals surface area contributed by atoms with Crippen LogP contribution >= 0.6 is 11.6 Å². The first-order chi connectivity index (χ1) is 10.7. The second-order valence-corrected chi connectivity index (χ2v) is 5.86. The van der Waals surface area contributed by atoms with Crippen LogP contribution in [0.4, 0.5) is 5.69 Å². The predicted octanol–water partition coefficient (Wildman–Crippen LogP) is 3.77. The third kappa shape index (κ3) is 5.35. The van der Waals surface area contributed by atoms with Crippen LogP contribution in [0, 0.1) is 0 Å². The largest absolute Gasteiger partial charge is 0.495 e. The molecule has 1 aromatic carbocycles. The maximum Gasteiger partial charge on any atom is 0.238 e. The average molecular weight is 323 g/mol. The molecule has 0 atom stereocenters. The van der Waals surface area contributed by atoms with Crippen LogP contribution in [0.1, 0.15) is 32.1 Å². The molecule has 0 unspecified atom stereocenters. The molecule has 0 spiro atoms. The smallest absolute Gasteiger partial charge is 0.238 e. The second-order valence-electron chi connectivity index (χ2n) is 5.43. The number of allylic oxidation sites excluding steroid dienone is 1. The summed E-state index contributed by atoms with van der Waals surface area (Å²) >= 11 is 5.94. The summed E-state index contributed by atoms with van der Waals surface area (Å²) in [5, 5.41) is 6.56. The lowest BCUT2D eigenvalue weighted by molar-refractivity contribution is -0.115. The summed E-state index contributed by atoms with van der Waals surface area (Å²) in [6.45, 7) is 1.11. The van der Waals surface area contributed by atoms with Gasteiger partial charge in [-0.3, -0.25) is 4.79 Å². The molecule has 0 aromatic heterocycles. The lowest BCUT2D eigenvalue weighted by Crippen LogP contribution is -2.29. The first-order valence-corrected chi connectivity index (χ1v) is 8.09. The van der Waals surface area contributed by atoms with E-state index >= 15 is 0 Å². The Balaban J connectivity index is 1.73. The van der Waals surface area contributed by atoms with E-state index in [1.54, 1.807) is 25.3 Å². The van der Waals surface area contributed by atoms with Gasteiger partial charge in [0, 0.05) is 5.02 Å². The molecule has 0 aliphatic heterocycles. The zero-order valence-electron chi connectivity index (χ0n) is 13.0. The van der Waals surface area contributed by atoms with Gasteiger partial charge in [0.05, 0.1) is 19.3 Å². The van der Waals surface area contributed by atoms with Crippen LogP contribution < -0.4 is 15.4 Å². The Hall–Kier alpha value is -1.52. The van der Waals surface area contributed by atoms with Crippen LogP contribution in [0.15, 0.2) is 29.8 Å². The number of hydrogen-bond acceptors (Lipinski definition) is 3. The van der Waals surface area contributed by atoms with Crippen molar-refractivity contribution in [2.75, 3.05) is 25.5 Å². The van der Waals surface area contributed by atoms with Gasteiger partial charge in [-0.1, -0.05) is 23.3 Å². The number of carbonyl (C=O) groups is 1. The van der Waals surface area contributed by atoms with E-state index in [9.17, 15) is 4.79 Å². The van der Waals surface area contributed by atoms with E-state index < -0.39 is 0 Å². The molecule has 1 aromatic rings. The van der Waals surface area contributed by atoms with Gasteiger partial charge in [-0.05, 0) is 56.8 Å². The minimum Gasteiger partial charge on any atom is -0.495 e. The summed E-state index contributed by atoms with van der Waals surface area (Å²) < 4.78 is 5.20. The number of rotatable bonds is 7. The van der Waals surface area contributed by atoms with Crippen molar-refractivity contribution in [3.05, 3.63) is 34.9 Å². The standard InChI is InChI=1S/C17H23ClN2O2/c1-22-16-8-7-14(18)11-15(16)20-17(21)12-19-10-9-13-5-3-2-4-6-13/h5,7-8,11,19H,2-4,6,9-10,12H2,1H3,(H,20,21). The van der Waals surface area contributed by atoms with Gasteiger partial charge >= 0.3 is 0 Å². The zero-order valence-corrected chi connectivity index (χ0v) is 13.7. The quantitative estimate of drug-likeness (QED) is 0.593. The second kappa shape index (κ2) is 8.81. The molecule has 1 amide bonds. The number of nitrogens with one attached hydrogen (secondary N) is 2. The summed E-state index contributed by atoms with van der Waals surface area (Å²) in [7, 11) is 1.56. The van der Waals surface area contributed by atoms with Crippen LogP contribution in [0.2, 0.25) is 5.02 Å². The first kappa shape index (κ1) is 16.8. The maximum atomic E-state index is 12.0. The highest BCUT2D eigenvalue weighted by atomic mass is 35.5. The van der Waals surface area contributed by atoms with Crippen LogP contribution in [-0.4, -0.2) is 26.1 Å².